The van der Waals surface area contributed by atoms with Crippen molar-refractivity contribution < 1.29 is 9.18 Å². The molecule has 1 aliphatic heterocycles. The van der Waals surface area contributed by atoms with Crippen LogP contribution in [-0.2, 0) is 6.54 Å². The fraction of sp³-hybridized carbons (Fsp3) is 0.353. The van der Waals surface area contributed by atoms with Gasteiger partial charge in [-0.1, -0.05) is 0 Å². The van der Waals surface area contributed by atoms with E-state index in [1.54, 1.807) is 12.4 Å². The summed E-state index contributed by atoms with van der Waals surface area (Å²) in [6, 6.07) is 5.43. The van der Waals surface area contributed by atoms with E-state index in [0.29, 0.717) is 11.4 Å². The van der Waals surface area contributed by atoms with E-state index >= 15 is 0 Å². The number of hydrogen-bond acceptors (Lipinski definition) is 5. The second-order valence-corrected chi connectivity index (χ2v) is 5.67. The minimum atomic E-state index is -0.377. The number of nitrogens with zero attached hydrogens (tertiary/aromatic N) is 3. The highest BCUT2D eigenvalue weighted by atomic mass is 19.1. The van der Waals surface area contributed by atoms with E-state index in [4.69, 9.17) is 0 Å². The highest BCUT2D eigenvalue weighted by Gasteiger charge is 2.16. The van der Waals surface area contributed by atoms with Crippen molar-refractivity contribution in [2.24, 2.45) is 0 Å². The lowest BCUT2D eigenvalue weighted by Crippen LogP contribution is -2.46. The third-order valence-electron chi connectivity index (χ3n) is 4.06. The molecule has 1 fully saturated rings. The molecule has 1 saturated heterocycles. The van der Waals surface area contributed by atoms with Crippen LogP contribution in [0.25, 0.3) is 0 Å². The van der Waals surface area contributed by atoms with E-state index in [2.05, 4.69) is 10.3 Å². The molecule has 0 saturated carbocycles. The summed E-state index contributed by atoms with van der Waals surface area (Å²) < 4.78 is 14.4. The van der Waals surface area contributed by atoms with Crippen molar-refractivity contribution in [3.05, 3.63) is 58.4 Å². The van der Waals surface area contributed by atoms with E-state index in [0.717, 1.165) is 26.2 Å². The van der Waals surface area contributed by atoms with Crippen molar-refractivity contribution in [1.29, 1.82) is 0 Å². The second-order valence-electron chi connectivity index (χ2n) is 5.67. The first kappa shape index (κ1) is 16.3. The molecule has 0 bridgehead atoms. The van der Waals surface area contributed by atoms with Crippen LogP contribution < -0.4 is 15.8 Å². The zero-order valence-electron chi connectivity index (χ0n) is 13.2. The Labute approximate surface area is 138 Å². The van der Waals surface area contributed by atoms with Crippen LogP contribution in [0.5, 0.6) is 0 Å². The number of benzene rings is 1. The van der Waals surface area contributed by atoms with Gasteiger partial charge in [-0.3, -0.25) is 9.59 Å². The molecule has 0 radical (unpaired) electrons. The molecular weight excluding hydrogens is 311 g/mol. The molecule has 7 heteroatoms. The van der Waals surface area contributed by atoms with Gasteiger partial charge in [0, 0.05) is 57.1 Å². The molecule has 1 N–H and O–H groups in total. The van der Waals surface area contributed by atoms with Gasteiger partial charge in [0.25, 0.3) is 5.56 Å². The number of aromatic nitrogens is 2. The third-order valence-corrected chi connectivity index (χ3v) is 4.06. The quantitative estimate of drug-likeness (QED) is 0.831. The van der Waals surface area contributed by atoms with Crippen molar-refractivity contribution in [2.75, 3.05) is 31.1 Å². The number of aryl methyl sites for hydroxylation is 1. The summed E-state index contributed by atoms with van der Waals surface area (Å²) in [7, 11) is 0. The average Bonchev–Trinajstić information content (AvgIpc) is 2.62. The summed E-state index contributed by atoms with van der Waals surface area (Å²) in [5.41, 5.74) is 0.257. The number of nitrogens with one attached hydrogen (secondary N) is 1. The summed E-state index contributed by atoms with van der Waals surface area (Å²) >= 11 is 0. The lowest BCUT2D eigenvalue weighted by atomic mass is 10.1. The van der Waals surface area contributed by atoms with Crippen LogP contribution in [-0.4, -0.2) is 41.5 Å². The molecule has 2 aromatic rings. The van der Waals surface area contributed by atoms with Crippen LogP contribution in [0.2, 0.25) is 0 Å². The van der Waals surface area contributed by atoms with Crippen LogP contribution in [0.4, 0.5) is 10.2 Å². The summed E-state index contributed by atoms with van der Waals surface area (Å²) in [4.78, 5) is 30.8. The van der Waals surface area contributed by atoms with Gasteiger partial charge in [-0.05, 0) is 24.3 Å². The highest BCUT2D eigenvalue weighted by Crippen LogP contribution is 2.08. The third kappa shape index (κ3) is 3.68. The van der Waals surface area contributed by atoms with E-state index in [1.165, 1.54) is 28.8 Å². The average molecular weight is 330 g/mol. The Kier molecular flexibility index (Phi) is 5.00. The number of hydrogen-bond donors (Lipinski definition) is 1. The van der Waals surface area contributed by atoms with Gasteiger partial charge in [-0.25, -0.2) is 9.37 Å². The zero-order valence-corrected chi connectivity index (χ0v) is 13.2. The lowest BCUT2D eigenvalue weighted by Gasteiger charge is -2.27. The smallest absolute Gasteiger partial charge is 0.293 e. The molecule has 2 heterocycles. The molecule has 0 unspecified atom stereocenters. The molecule has 0 aliphatic carbocycles. The number of Topliss-reactive ketones (excluding diaryl/α,β-unsaturated/α-hetero) is 1. The Balaban J connectivity index is 1.70. The Bertz CT molecular complexity index is 767. The van der Waals surface area contributed by atoms with E-state index in [1.807, 2.05) is 4.90 Å². The van der Waals surface area contributed by atoms with Gasteiger partial charge in [0.1, 0.15) is 5.82 Å². The van der Waals surface area contributed by atoms with Crippen molar-refractivity contribution in [2.45, 2.75) is 13.0 Å². The number of ketones is 1. The summed E-state index contributed by atoms with van der Waals surface area (Å²) in [6.45, 7) is 3.39. The van der Waals surface area contributed by atoms with E-state index < -0.39 is 0 Å². The van der Waals surface area contributed by atoms with Gasteiger partial charge in [0.05, 0.1) is 0 Å². The minimum absolute atomic E-state index is 0.123. The van der Waals surface area contributed by atoms with Gasteiger partial charge in [-0.2, -0.15) is 0 Å². The Morgan fingerprint density at radius 2 is 1.92 bits per heavy atom. The van der Waals surface area contributed by atoms with Gasteiger partial charge in [-0.15, -0.1) is 0 Å². The first-order chi connectivity index (χ1) is 11.6. The number of halogens is 1. The Hall–Kier alpha value is -2.54. The number of anilines is 1. The van der Waals surface area contributed by atoms with Crippen molar-refractivity contribution >= 4 is 11.6 Å². The van der Waals surface area contributed by atoms with Gasteiger partial charge in [0.2, 0.25) is 0 Å². The Morgan fingerprint density at radius 1 is 1.21 bits per heavy atom. The summed E-state index contributed by atoms with van der Waals surface area (Å²) in [6.07, 6.45) is 3.35. The SMILES string of the molecule is O=C(CCn1ccnc(N2CCNCC2)c1=O)c1ccc(F)cc1. The maximum Gasteiger partial charge on any atom is 0.293 e. The molecule has 1 aromatic carbocycles. The van der Waals surface area contributed by atoms with Crippen LogP contribution in [0.1, 0.15) is 16.8 Å². The highest BCUT2D eigenvalue weighted by molar-refractivity contribution is 5.95. The largest absolute Gasteiger partial charge is 0.349 e. The van der Waals surface area contributed by atoms with Crippen molar-refractivity contribution in [1.82, 2.24) is 14.9 Å². The molecular formula is C17H19FN4O2. The monoisotopic (exact) mass is 330 g/mol. The Morgan fingerprint density at radius 3 is 2.62 bits per heavy atom. The predicted octanol–water partition coefficient (Wildman–Crippen LogP) is 1.06. The van der Waals surface area contributed by atoms with E-state index in [9.17, 15) is 14.0 Å². The maximum atomic E-state index is 12.9. The standard InChI is InChI=1S/C17H19FN4O2/c18-14-3-1-13(2-4-14)15(23)5-9-22-12-8-20-16(17(22)24)21-10-6-19-7-11-21/h1-4,8,12,19H,5-7,9-11H2. The fourth-order valence-corrected chi connectivity index (χ4v) is 2.71. The van der Waals surface area contributed by atoms with Gasteiger partial charge in [0.15, 0.2) is 11.6 Å². The first-order valence-electron chi connectivity index (χ1n) is 7.95. The molecule has 126 valence electrons. The first-order valence-corrected chi connectivity index (χ1v) is 7.95. The molecule has 0 atom stereocenters. The number of carbonyl (C=O) groups excluding carboxylic acids is 1. The minimum Gasteiger partial charge on any atom is -0.349 e. The van der Waals surface area contributed by atoms with Crippen molar-refractivity contribution in [3.63, 3.8) is 0 Å². The van der Waals surface area contributed by atoms with Crippen molar-refractivity contribution in [3.8, 4) is 0 Å². The van der Waals surface area contributed by atoms with Gasteiger partial charge >= 0.3 is 0 Å². The fourth-order valence-electron chi connectivity index (χ4n) is 2.71. The molecule has 1 aliphatic rings. The molecule has 1 aromatic heterocycles. The number of piperazine rings is 1. The lowest BCUT2D eigenvalue weighted by molar-refractivity contribution is 0.0976. The number of rotatable bonds is 5. The molecule has 3 rings (SSSR count). The van der Waals surface area contributed by atoms with Crippen LogP contribution >= 0.6 is 0 Å². The second kappa shape index (κ2) is 7.35. The van der Waals surface area contributed by atoms with Crippen LogP contribution in [0.3, 0.4) is 0 Å². The molecule has 6 nitrogen and oxygen atoms in total. The summed E-state index contributed by atoms with van der Waals surface area (Å²) in [5, 5.41) is 3.23. The maximum absolute atomic E-state index is 12.9. The summed E-state index contributed by atoms with van der Waals surface area (Å²) in [5.74, 6) is -0.0757. The molecule has 0 spiro atoms. The van der Waals surface area contributed by atoms with Crippen LogP contribution in [0, 0.1) is 5.82 Å². The normalized spacial score (nSPS) is 14.6. The van der Waals surface area contributed by atoms with Crippen LogP contribution in [0.15, 0.2) is 41.5 Å². The topological polar surface area (TPSA) is 67.2 Å². The van der Waals surface area contributed by atoms with E-state index in [-0.39, 0.29) is 30.1 Å². The van der Waals surface area contributed by atoms with Gasteiger partial charge < -0.3 is 14.8 Å². The molecule has 0 amide bonds. The predicted molar refractivity (Wildman–Crippen MR) is 88.9 cm³/mol. The molecule has 24 heavy (non-hydrogen) atoms. The zero-order chi connectivity index (χ0) is 16.9. The number of carbonyl (C=O) groups is 1.